The molecule has 1 aliphatic rings. The maximum Gasteiger partial charge on any atom is 0.234 e. The van der Waals surface area contributed by atoms with Crippen molar-refractivity contribution in [3.05, 3.63) is 46.8 Å². The smallest absolute Gasteiger partial charge is 0.234 e. The van der Waals surface area contributed by atoms with Crippen LogP contribution >= 0.6 is 11.8 Å². The largest absolute Gasteiger partial charge is 0.506 e. The minimum absolute atomic E-state index is 0.00279. The molecule has 1 saturated heterocycles. The summed E-state index contributed by atoms with van der Waals surface area (Å²) in [6.07, 6.45) is 1.52. The number of nitrogens with zero attached hydrogens (tertiary/aromatic N) is 2. The van der Waals surface area contributed by atoms with Crippen LogP contribution in [0.15, 0.2) is 24.4 Å². The number of thioether (sulfide) groups is 1. The second kappa shape index (κ2) is 8.06. The van der Waals surface area contributed by atoms with Crippen LogP contribution in [-0.4, -0.2) is 46.0 Å². The Morgan fingerprint density at radius 2 is 1.96 bits per heavy atom. The van der Waals surface area contributed by atoms with Gasteiger partial charge in [0.25, 0.3) is 0 Å². The van der Waals surface area contributed by atoms with Crippen LogP contribution in [-0.2, 0) is 17.9 Å². The molecule has 1 amide bonds. The molecule has 0 saturated carbocycles. The Hall–Kier alpha value is -2.45. The molecule has 144 valence electrons. The summed E-state index contributed by atoms with van der Waals surface area (Å²) in [6.45, 7) is 1.57. The van der Waals surface area contributed by atoms with Gasteiger partial charge in [-0.25, -0.2) is 0 Å². The maximum atomic E-state index is 12.6. The van der Waals surface area contributed by atoms with Gasteiger partial charge in [-0.2, -0.15) is 0 Å². The number of aryl methyl sites for hydroxylation is 1. The molecule has 1 aliphatic heterocycles. The molecule has 1 atom stereocenters. The van der Waals surface area contributed by atoms with E-state index in [4.69, 9.17) is 9.47 Å². The SMILES string of the molecule is COc1cccc(OC)c1C1SCC(=O)N1Cc1c(CO)cnc(C)c1O. The van der Waals surface area contributed by atoms with E-state index < -0.39 is 0 Å². The van der Waals surface area contributed by atoms with Crippen LogP contribution in [0.25, 0.3) is 0 Å². The predicted octanol–water partition coefficient (Wildman–Crippen LogP) is 2.38. The van der Waals surface area contributed by atoms with Crippen molar-refractivity contribution in [2.45, 2.75) is 25.4 Å². The van der Waals surface area contributed by atoms with Crippen molar-refractivity contribution >= 4 is 17.7 Å². The topological polar surface area (TPSA) is 92.1 Å². The number of aromatic hydroxyl groups is 1. The summed E-state index contributed by atoms with van der Waals surface area (Å²) in [5.41, 5.74) is 2.22. The van der Waals surface area contributed by atoms with E-state index in [2.05, 4.69) is 4.98 Å². The fourth-order valence-electron chi connectivity index (χ4n) is 3.15. The number of rotatable bonds is 6. The average Bonchev–Trinajstić information content (AvgIpc) is 3.04. The molecule has 1 fully saturated rings. The molecule has 3 rings (SSSR count). The van der Waals surface area contributed by atoms with E-state index in [0.717, 1.165) is 5.56 Å². The van der Waals surface area contributed by atoms with E-state index in [1.54, 1.807) is 26.0 Å². The molecular weight excluding hydrogens is 368 g/mol. The predicted molar refractivity (Wildman–Crippen MR) is 102 cm³/mol. The summed E-state index contributed by atoms with van der Waals surface area (Å²) in [4.78, 5) is 18.4. The Morgan fingerprint density at radius 3 is 2.56 bits per heavy atom. The number of aliphatic hydroxyl groups is 1. The van der Waals surface area contributed by atoms with Gasteiger partial charge < -0.3 is 24.6 Å². The van der Waals surface area contributed by atoms with E-state index >= 15 is 0 Å². The molecule has 0 bridgehead atoms. The molecule has 0 radical (unpaired) electrons. The Kier molecular flexibility index (Phi) is 5.76. The monoisotopic (exact) mass is 390 g/mol. The fourth-order valence-corrected chi connectivity index (χ4v) is 4.39. The van der Waals surface area contributed by atoms with Crippen molar-refractivity contribution in [2.75, 3.05) is 20.0 Å². The van der Waals surface area contributed by atoms with Crippen LogP contribution in [0.4, 0.5) is 0 Å². The zero-order chi connectivity index (χ0) is 19.6. The number of hydrogen-bond acceptors (Lipinski definition) is 7. The molecule has 0 spiro atoms. The lowest BCUT2D eigenvalue weighted by Gasteiger charge is -2.28. The zero-order valence-corrected chi connectivity index (χ0v) is 16.2. The first-order chi connectivity index (χ1) is 13.0. The van der Waals surface area contributed by atoms with Crippen molar-refractivity contribution in [3.63, 3.8) is 0 Å². The van der Waals surface area contributed by atoms with E-state index in [-0.39, 0.29) is 30.2 Å². The quantitative estimate of drug-likeness (QED) is 0.782. The number of pyridine rings is 1. The molecule has 8 heteroatoms. The number of hydrogen-bond donors (Lipinski definition) is 2. The van der Waals surface area contributed by atoms with Crippen molar-refractivity contribution in [1.29, 1.82) is 0 Å². The van der Waals surface area contributed by atoms with Gasteiger partial charge in [0.05, 0.1) is 44.4 Å². The summed E-state index contributed by atoms with van der Waals surface area (Å²) in [5.74, 6) is 1.51. The number of aliphatic hydroxyl groups excluding tert-OH is 1. The molecule has 2 aromatic rings. The van der Waals surface area contributed by atoms with E-state index in [1.165, 1.54) is 18.0 Å². The van der Waals surface area contributed by atoms with Gasteiger partial charge in [0.15, 0.2) is 0 Å². The third-order valence-corrected chi connectivity index (χ3v) is 5.83. The van der Waals surface area contributed by atoms with Crippen molar-refractivity contribution in [1.82, 2.24) is 9.88 Å². The second-order valence-corrected chi connectivity index (χ2v) is 7.18. The minimum Gasteiger partial charge on any atom is -0.506 e. The first-order valence-corrected chi connectivity index (χ1v) is 9.45. The van der Waals surface area contributed by atoms with Gasteiger partial charge in [0, 0.05) is 17.3 Å². The molecule has 27 heavy (non-hydrogen) atoms. The summed E-state index contributed by atoms with van der Waals surface area (Å²) in [6, 6.07) is 5.48. The van der Waals surface area contributed by atoms with Crippen LogP contribution in [0.3, 0.4) is 0 Å². The number of carbonyl (C=O) groups is 1. The van der Waals surface area contributed by atoms with Gasteiger partial charge in [-0.15, -0.1) is 11.8 Å². The van der Waals surface area contributed by atoms with Gasteiger partial charge >= 0.3 is 0 Å². The van der Waals surface area contributed by atoms with Gasteiger partial charge in [-0.1, -0.05) is 6.07 Å². The molecule has 7 nitrogen and oxygen atoms in total. The highest BCUT2D eigenvalue weighted by molar-refractivity contribution is 8.00. The molecule has 2 N–H and O–H groups in total. The normalized spacial score (nSPS) is 16.7. The van der Waals surface area contributed by atoms with Crippen molar-refractivity contribution in [3.8, 4) is 17.2 Å². The van der Waals surface area contributed by atoms with Crippen LogP contribution in [0.1, 0.15) is 27.8 Å². The lowest BCUT2D eigenvalue weighted by molar-refractivity contribution is -0.128. The standard InChI is InChI=1S/C19H22N2O5S/c1-11-18(24)13(12(9-22)7-20-11)8-21-16(23)10-27-19(21)17-14(25-2)5-4-6-15(17)26-3/h4-7,19,22,24H,8-10H2,1-3H3. The van der Waals surface area contributed by atoms with E-state index in [9.17, 15) is 15.0 Å². The molecule has 1 aromatic carbocycles. The lowest BCUT2D eigenvalue weighted by atomic mass is 10.1. The van der Waals surface area contributed by atoms with Crippen LogP contribution in [0.2, 0.25) is 0 Å². The first-order valence-electron chi connectivity index (χ1n) is 8.40. The molecule has 0 aliphatic carbocycles. The van der Waals surface area contributed by atoms with Crippen molar-refractivity contribution in [2.24, 2.45) is 0 Å². The maximum absolute atomic E-state index is 12.6. The molecule has 1 unspecified atom stereocenters. The van der Waals surface area contributed by atoms with Crippen LogP contribution in [0, 0.1) is 6.92 Å². The highest BCUT2D eigenvalue weighted by Gasteiger charge is 2.37. The van der Waals surface area contributed by atoms with Gasteiger partial charge in [-0.05, 0) is 19.1 Å². The minimum atomic E-state index is -0.331. The second-order valence-electron chi connectivity index (χ2n) is 6.12. The Labute approximate surface area is 161 Å². The number of carbonyl (C=O) groups excluding carboxylic acids is 1. The van der Waals surface area contributed by atoms with Crippen LogP contribution in [0.5, 0.6) is 17.2 Å². The Bertz CT molecular complexity index is 836. The van der Waals surface area contributed by atoms with Gasteiger partial charge in [-0.3, -0.25) is 9.78 Å². The van der Waals surface area contributed by atoms with E-state index in [1.807, 2.05) is 18.2 Å². The average molecular weight is 390 g/mol. The Morgan fingerprint density at radius 1 is 1.30 bits per heavy atom. The molecule has 1 aromatic heterocycles. The third kappa shape index (κ3) is 3.54. The Balaban J connectivity index is 2.04. The van der Waals surface area contributed by atoms with E-state index in [0.29, 0.717) is 34.1 Å². The highest BCUT2D eigenvalue weighted by atomic mass is 32.2. The highest BCUT2D eigenvalue weighted by Crippen LogP contribution is 2.47. The summed E-state index contributed by atoms with van der Waals surface area (Å²) < 4.78 is 11.0. The van der Waals surface area contributed by atoms with Crippen molar-refractivity contribution < 1.29 is 24.5 Å². The summed E-state index contributed by atoms with van der Waals surface area (Å²) >= 11 is 1.47. The number of benzene rings is 1. The van der Waals surface area contributed by atoms with Gasteiger partial charge in [0.2, 0.25) is 5.91 Å². The number of amides is 1. The fraction of sp³-hybridized carbons (Fsp3) is 0.368. The lowest BCUT2D eigenvalue weighted by Crippen LogP contribution is -2.29. The van der Waals surface area contributed by atoms with Gasteiger partial charge in [0.1, 0.15) is 22.6 Å². The first kappa shape index (κ1) is 19.3. The number of aromatic nitrogens is 1. The molecular formula is C19H22N2O5S. The number of ether oxygens (including phenoxy) is 2. The third-order valence-electron chi connectivity index (χ3n) is 4.61. The van der Waals surface area contributed by atoms with Crippen LogP contribution < -0.4 is 9.47 Å². The zero-order valence-electron chi connectivity index (χ0n) is 15.4. The summed E-state index contributed by atoms with van der Waals surface area (Å²) in [7, 11) is 3.15. The summed E-state index contributed by atoms with van der Waals surface area (Å²) in [5, 5.41) is 19.7. The molecule has 2 heterocycles. The number of methoxy groups -OCH3 is 2.